The van der Waals surface area contributed by atoms with Crippen molar-refractivity contribution in [3.63, 3.8) is 0 Å². The van der Waals surface area contributed by atoms with Crippen LogP contribution in [0.4, 0.5) is 5.69 Å². The first kappa shape index (κ1) is 14.5. The molecular weight excluding hydrogens is 306 g/mol. The molecule has 1 aliphatic heterocycles. The number of anilines is 1. The predicted molar refractivity (Wildman–Crippen MR) is 81.0 cm³/mol. The lowest BCUT2D eigenvalue weighted by Crippen LogP contribution is -2.39. The molecule has 19 heavy (non-hydrogen) atoms. The molecule has 1 atom stereocenters. The summed E-state index contributed by atoms with van der Waals surface area (Å²) >= 11 is 3.58. The highest BCUT2D eigenvalue weighted by atomic mass is 79.9. The van der Waals surface area contributed by atoms with Gasteiger partial charge in [0.05, 0.1) is 11.8 Å². The van der Waals surface area contributed by atoms with E-state index in [4.69, 9.17) is 4.74 Å². The van der Waals surface area contributed by atoms with Crippen molar-refractivity contribution in [2.24, 2.45) is 0 Å². The van der Waals surface area contributed by atoms with Gasteiger partial charge in [0.2, 0.25) is 0 Å². The third kappa shape index (κ3) is 3.57. The van der Waals surface area contributed by atoms with Crippen LogP contribution in [0.1, 0.15) is 37.0 Å². The molecule has 1 aliphatic rings. The molecule has 1 heterocycles. The molecular formula is C15H20BrNO2. The highest BCUT2D eigenvalue weighted by molar-refractivity contribution is 9.10. The summed E-state index contributed by atoms with van der Waals surface area (Å²) in [4.78, 5) is 13.7. The Labute approximate surface area is 123 Å². The average molecular weight is 326 g/mol. The third-order valence-electron chi connectivity index (χ3n) is 3.48. The van der Waals surface area contributed by atoms with Crippen LogP contribution in [0.3, 0.4) is 0 Å². The van der Waals surface area contributed by atoms with Gasteiger partial charge in [-0.3, -0.25) is 4.79 Å². The van der Waals surface area contributed by atoms with Crippen LogP contribution in [-0.2, 0) is 4.74 Å². The molecule has 0 saturated carbocycles. The first-order valence-electron chi connectivity index (χ1n) is 6.79. The van der Waals surface area contributed by atoms with Gasteiger partial charge >= 0.3 is 0 Å². The van der Waals surface area contributed by atoms with Gasteiger partial charge in [0, 0.05) is 29.7 Å². The van der Waals surface area contributed by atoms with E-state index in [1.54, 1.807) is 6.92 Å². The second-order valence-corrected chi connectivity index (χ2v) is 5.74. The topological polar surface area (TPSA) is 29.5 Å². The van der Waals surface area contributed by atoms with Crippen LogP contribution >= 0.6 is 15.9 Å². The van der Waals surface area contributed by atoms with E-state index in [-0.39, 0.29) is 5.78 Å². The second kappa shape index (κ2) is 6.53. The number of rotatable bonds is 4. The van der Waals surface area contributed by atoms with E-state index >= 15 is 0 Å². The number of carbonyl (C=O) groups excluding carboxylic acids is 1. The minimum atomic E-state index is 0.0955. The van der Waals surface area contributed by atoms with Crippen LogP contribution in [0.25, 0.3) is 0 Å². The van der Waals surface area contributed by atoms with E-state index in [2.05, 4.69) is 20.8 Å². The lowest BCUT2D eigenvalue weighted by molar-refractivity contribution is 0.0526. The minimum absolute atomic E-state index is 0.0955. The second-order valence-electron chi connectivity index (χ2n) is 4.89. The van der Waals surface area contributed by atoms with Gasteiger partial charge in [-0.15, -0.1) is 0 Å². The molecule has 0 N–H and O–H groups in total. The van der Waals surface area contributed by atoms with Crippen molar-refractivity contribution >= 4 is 27.4 Å². The number of benzene rings is 1. The average Bonchev–Trinajstić information content (AvgIpc) is 2.39. The van der Waals surface area contributed by atoms with E-state index in [9.17, 15) is 4.79 Å². The number of carbonyl (C=O) groups is 1. The number of piperidine rings is 1. The van der Waals surface area contributed by atoms with Gasteiger partial charge in [-0.05, 0) is 60.8 Å². The highest BCUT2D eigenvalue weighted by Gasteiger charge is 2.21. The monoisotopic (exact) mass is 325 g/mol. The molecule has 2 rings (SSSR count). The summed E-state index contributed by atoms with van der Waals surface area (Å²) in [6, 6.07) is 5.82. The molecule has 1 saturated heterocycles. The molecule has 0 bridgehead atoms. The van der Waals surface area contributed by atoms with Crippen LogP contribution < -0.4 is 4.90 Å². The molecule has 0 aromatic heterocycles. The maximum absolute atomic E-state index is 11.4. The molecule has 0 amide bonds. The van der Waals surface area contributed by atoms with Gasteiger partial charge < -0.3 is 9.64 Å². The van der Waals surface area contributed by atoms with E-state index in [0.29, 0.717) is 6.10 Å². The molecule has 3 nitrogen and oxygen atoms in total. The first-order valence-corrected chi connectivity index (χ1v) is 7.58. The smallest absolute Gasteiger partial charge is 0.159 e. The zero-order valence-electron chi connectivity index (χ0n) is 11.5. The number of nitrogens with zero attached hydrogens (tertiary/aromatic N) is 1. The van der Waals surface area contributed by atoms with E-state index in [0.717, 1.165) is 48.3 Å². The maximum atomic E-state index is 11.4. The van der Waals surface area contributed by atoms with Crippen LogP contribution in [-0.4, -0.2) is 31.6 Å². The first-order chi connectivity index (χ1) is 9.11. The fourth-order valence-corrected chi connectivity index (χ4v) is 3.14. The quantitative estimate of drug-likeness (QED) is 0.791. The highest BCUT2D eigenvalue weighted by Crippen LogP contribution is 2.30. The Bertz CT molecular complexity index is 459. The fraction of sp³-hybridized carbons (Fsp3) is 0.533. The van der Waals surface area contributed by atoms with Crippen LogP contribution in [0.5, 0.6) is 0 Å². The lowest BCUT2D eigenvalue weighted by atomic mass is 10.1. The molecule has 0 spiro atoms. The minimum Gasteiger partial charge on any atom is -0.377 e. The molecule has 104 valence electrons. The standard InChI is InChI=1S/C15H20BrNO2/c1-3-19-13-5-4-8-17(10-13)15-7-6-12(11(2)18)9-14(15)16/h6-7,9,13H,3-5,8,10H2,1-2H3. The van der Waals surface area contributed by atoms with E-state index in [1.165, 1.54) is 0 Å². The largest absolute Gasteiger partial charge is 0.377 e. The van der Waals surface area contributed by atoms with Crippen molar-refractivity contribution in [3.8, 4) is 0 Å². The lowest BCUT2D eigenvalue weighted by Gasteiger charge is -2.34. The zero-order chi connectivity index (χ0) is 13.8. The van der Waals surface area contributed by atoms with Crippen molar-refractivity contribution in [1.82, 2.24) is 0 Å². The van der Waals surface area contributed by atoms with Gasteiger partial charge in [-0.2, -0.15) is 0 Å². The van der Waals surface area contributed by atoms with Gasteiger partial charge in [0.1, 0.15) is 0 Å². The van der Waals surface area contributed by atoms with Crippen molar-refractivity contribution in [1.29, 1.82) is 0 Å². The van der Waals surface area contributed by atoms with Crippen LogP contribution in [0, 0.1) is 0 Å². The molecule has 0 aliphatic carbocycles. The van der Waals surface area contributed by atoms with Crippen LogP contribution in [0.2, 0.25) is 0 Å². The normalized spacial score (nSPS) is 19.5. The number of hydrogen-bond acceptors (Lipinski definition) is 3. The predicted octanol–water partition coefficient (Wildman–Crippen LogP) is 3.66. The molecule has 0 radical (unpaired) electrons. The molecule has 1 fully saturated rings. The summed E-state index contributed by atoms with van der Waals surface area (Å²) in [6.45, 7) is 6.36. The number of ketones is 1. The maximum Gasteiger partial charge on any atom is 0.159 e. The third-order valence-corrected chi connectivity index (χ3v) is 4.11. The SMILES string of the molecule is CCOC1CCCN(c2ccc(C(C)=O)cc2Br)C1. The zero-order valence-corrected chi connectivity index (χ0v) is 13.1. The summed E-state index contributed by atoms with van der Waals surface area (Å²) < 4.78 is 6.71. The van der Waals surface area contributed by atoms with E-state index < -0.39 is 0 Å². The number of Topliss-reactive ketones (excluding diaryl/α,β-unsaturated/α-hetero) is 1. The Morgan fingerprint density at radius 2 is 2.32 bits per heavy atom. The van der Waals surface area contributed by atoms with Crippen molar-refractivity contribution in [2.45, 2.75) is 32.8 Å². The Hall–Kier alpha value is -0.870. The van der Waals surface area contributed by atoms with Gasteiger partial charge in [0.25, 0.3) is 0 Å². The Balaban J connectivity index is 2.15. The Kier molecular flexibility index (Phi) is 4.99. The van der Waals surface area contributed by atoms with E-state index in [1.807, 2.05) is 25.1 Å². The summed E-state index contributed by atoms with van der Waals surface area (Å²) in [5.41, 5.74) is 1.89. The number of hydrogen-bond donors (Lipinski definition) is 0. The van der Waals surface area contributed by atoms with Crippen LogP contribution in [0.15, 0.2) is 22.7 Å². The molecule has 1 unspecified atom stereocenters. The van der Waals surface area contributed by atoms with Crippen molar-refractivity contribution < 1.29 is 9.53 Å². The summed E-state index contributed by atoms with van der Waals surface area (Å²) in [6.07, 6.45) is 2.59. The van der Waals surface area contributed by atoms with Gasteiger partial charge in [0.15, 0.2) is 5.78 Å². The fourth-order valence-electron chi connectivity index (χ4n) is 2.51. The molecule has 1 aromatic rings. The number of halogens is 1. The summed E-state index contributed by atoms with van der Waals surface area (Å²) in [5, 5.41) is 0. The van der Waals surface area contributed by atoms with Crippen molar-refractivity contribution in [3.05, 3.63) is 28.2 Å². The van der Waals surface area contributed by atoms with Gasteiger partial charge in [-0.1, -0.05) is 0 Å². The molecule has 1 aromatic carbocycles. The Morgan fingerprint density at radius 3 is 2.95 bits per heavy atom. The summed E-state index contributed by atoms with van der Waals surface area (Å²) in [7, 11) is 0. The van der Waals surface area contributed by atoms with Gasteiger partial charge in [-0.25, -0.2) is 0 Å². The Morgan fingerprint density at radius 1 is 1.53 bits per heavy atom. The summed E-state index contributed by atoms with van der Waals surface area (Å²) in [5.74, 6) is 0.0955. The molecule has 4 heteroatoms. The van der Waals surface area contributed by atoms with Crippen molar-refractivity contribution in [2.75, 3.05) is 24.6 Å². The number of ether oxygens (including phenoxy) is 1.